The first-order valence-corrected chi connectivity index (χ1v) is 18.4. The van der Waals surface area contributed by atoms with Crippen molar-refractivity contribution in [2.75, 3.05) is 76.5 Å². The van der Waals surface area contributed by atoms with Crippen molar-refractivity contribution in [3.8, 4) is 0 Å². The van der Waals surface area contributed by atoms with Crippen molar-refractivity contribution >= 4 is 47.0 Å². The summed E-state index contributed by atoms with van der Waals surface area (Å²) in [5.41, 5.74) is 5.64. The zero-order chi connectivity index (χ0) is 38.0. The molecule has 0 radical (unpaired) electrons. The fourth-order valence-corrected chi connectivity index (χ4v) is 8.09. The predicted octanol–water partition coefficient (Wildman–Crippen LogP) is 4.27. The predicted molar refractivity (Wildman–Crippen MR) is 190 cm³/mol. The zero-order valence-electron chi connectivity index (χ0n) is 29.5. The Bertz CT molecular complexity index is 1690. The van der Waals surface area contributed by atoms with Crippen molar-refractivity contribution in [2.45, 2.75) is 63.4 Å². The van der Waals surface area contributed by atoms with E-state index < -0.39 is 58.2 Å². The third kappa shape index (κ3) is 8.29. The molecule has 4 heterocycles. The summed E-state index contributed by atoms with van der Waals surface area (Å²) in [6.45, 7) is 4.31. The van der Waals surface area contributed by atoms with Gasteiger partial charge < -0.3 is 35.6 Å². The molecular formula is C36H45ClF3N7O6. The average Bonchev–Trinajstić information content (AvgIpc) is 3.33. The number of anilines is 2. The third-order valence-electron chi connectivity index (χ3n) is 11.0. The standard InChI is InChI=1S/C36H45ClF3N7O6/c1-21-29(38)27(30(39)28(37)32(21)41)31(40)33(34(50)45-18-16-44(17-19-45)23-7-11-43(12-8-23)20-26(48)49)53-36(52)46-13-9-24(10-14-46)47-15-6-22-4-2-3-5-25(22)42-35(47)51/h2-5,23-24,31,33H,6-20,41H2,1H3,(H,42,51)(H,48,49). The Hall–Kier alpha value is -4.28. The summed E-state index contributed by atoms with van der Waals surface area (Å²) in [5, 5.41) is 11.3. The topological polar surface area (TPSA) is 152 Å². The molecule has 288 valence electrons. The van der Waals surface area contributed by atoms with Crippen molar-refractivity contribution in [3.63, 3.8) is 0 Å². The second kappa shape index (κ2) is 16.4. The molecule has 0 aromatic heterocycles. The third-order valence-corrected chi connectivity index (χ3v) is 11.4. The number of carbonyl (C=O) groups is 4. The van der Waals surface area contributed by atoms with E-state index >= 15 is 13.2 Å². The minimum Gasteiger partial charge on any atom is -0.480 e. The molecule has 4 amide bonds. The number of amides is 4. The minimum absolute atomic E-state index is 0.0255. The molecule has 0 spiro atoms. The average molecular weight is 764 g/mol. The van der Waals surface area contributed by atoms with Crippen molar-refractivity contribution < 1.29 is 42.2 Å². The maximum Gasteiger partial charge on any atom is 0.410 e. The van der Waals surface area contributed by atoms with Crippen LogP contribution in [0, 0.1) is 18.6 Å². The van der Waals surface area contributed by atoms with Crippen LogP contribution in [0.25, 0.3) is 0 Å². The van der Waals surface area contributed by atoms with E-state index in [1.54, 1.807) is 4.90 Å². The number of hydrogen-bond donors (Lipinski definition) is 3. The van der Waals surface area contributed by atoms with Gasteiger partial charge in [-0.1, -0.05) is 29.8 Å². The number of alkyl halides is 1. The Morgan fingerprint density at radius 3 is 2.25 bits per heavy atom. The lowest BCUT2D eigenvalue weighted by Crippen LogP contribution is -2.57. The van der Waals surface area contributed by atoms with Crippen molar-refractivity contribution in [2.24, 2.45) is 0 Å². The van der Waals surface area contributed by atoms with Gasteiger partial charge in [-0.15, -0.1) is 0 Å². The van der Waals surface area contributed by atoms with Crippen LogP contribution in [0.5, 0.6) is 0 Å². The fraction of sp³-hybridized carbons (Fsp3) is 0.556. The van der Waals surface area contributed by atoms with E-state index in [-0.39, 0.29) is 56.4 Å². The van der Waals surface area contributed by atoms with Crippen LogP contribution in [0.4, 0.5) is 34.1 Å². The molecule has 17 heteroatoms. The van der Waals surface area contributed by atoms with Crippen LogP contribution >= 0.6 is 11.6 Å². The smallest absolute Gasteiger partial charge is 0.410 e. The van der Waals surface area contributed by atoms with Gasteiger partial charge in [-0.3, -0.25) is 19.4 Å². The van der Waals surface area contributed by atoms with E-state index in [2.05, 4.69) is 10.2 Å². The molecule has 0 saturated carbocycles. The SMILES string of the molecule is Cc1c(N)c(Cl)c(F)c(C(F)C(OC(=O)N2CCC(N3CCc4ccccc4NC3=O)CC2)C(=O)N2CCN(C3CCN(CC(=O)O)CC3)CC2)c1F. The quantitative estimate of drug-likeness (QED) is 0.265. The highest BCUT2D eigenvalue weighted by Crippen LogP contribution is 2.39. The Morgan fingerprint density at radius 1 is 0.943 bits per heavy atom. The summed E-state index contributed by atoms with van der Waals surface area (Å²) in [6.07, 6.45) is -3.08. The van der Waals surface area contributed by atoms with Gasteiger partial charge in [-0.25, -0.2) is 22.8 Å². The number of carbonyl (C=O) groups excluding carboxylic acids is 3. The Morgan fingerprint density at radius 2 is 1.58 bits per heavy atom. The number of piperidine rings is 2. The summed E-state index contributed by atoms with van der Waals surface area (Å²) in [6, 6.07) is 7.30. The van der Waals surface area contributed by atoms with Gasteiger partial charge in [-0.2, -0.15) is 0 Å². The van der Waals surface area contributed by atoms with E-state index in [1.807, 2.05) is 29.2 Å². The van der Waals surface area contributed by atoms with Crippen LogP contribution in [0.3, 0.4) is 0 Å². The molecule has 3 saturated heterocycles. The summed E-state index contributed by atoms with van der Waals surface area (Å²) in [5.74, 6) is -4.64. The number of aliphatic carboxylic acids is 1. The molecule has 0 aliphatic carbocycles. The summed E-state index contributed by atoms with van der Waals surface area (Å²) < 4.78 is 52.9. The molecule has 53 heavy (non-hydrogen) atoms. The summed E-state index contributed by atoms with van der Waals surface area (Å²) in [7, 11) is 0. The first-order valence-electron chi connectivity index (χ1n) is 18.0. The number of ether oxygens (including phenoxy) is 1. The van der Waals surface area contributed by atoms with E-state index in [0.717, 1.165) is 24.1 Å². The Kier molecular flexibility index (Phi) is 11.9. The number of halogens is 4. The lowest BCUT2D eigenvalue weighted by atomic mass is 9.99. The van der Waals surface area contributed by atoms with Gasteiger partial charge in [0, 0.05) is 82.2 Å². The number of para-hydroxylation sites is 1. The maximum atomic E-state index is 16.5. The van der Waals surface area contributed by atoms with Crippen LogP contribution in [0.1, 0.15) is 48.5 Å². The van der Waals surface area contributed by atoms with Gasteiger partial charge in [0.1, 0.15) is 10.8 Å². The van der Waals surface area contributed by atoms with Gasteiger partial charge in [0.15, 0.2) is 12.0 Å². The molecular weight excluding hydrogens is 719 g/mol. The second-order valence-corrected chi connectivity index (χ2v) is 14.5. The molecule has 4 aliphatic heterocycles. The van der Waals surface area contributed by atoms with Gasteiger partial charge in [-0.05, 0) is 50.7 Å². The highest BCUT2D eigenvalue weighted by Gasteiger charge is 2.43. The molecule has 4 aliphatic rings. The number of nitrogens with zero attached hydrogens (tertiary/aromatic N) is 5. The molecule has 0 bridgehead atoms. The van der Waals surface area contributed by atoms with Crippen molar-refractivity contribution in [1.82, 2.24) is 24.5 Å². The fourth-order valence-electron chi connectivity index (χ4n) is 7.85. The number of benzene rings is 2. The normalized spacial score (nSPS) is 20.7. The number of hydrogen-bond acceptors (Lipinski definition) is 8. The molecule has 6 rings (SSSR count). The zero-order valence-corrected chi connectivity index (χ0v) is 30.3. The molecule has 3 fully saturated rings. The van der Waals surface area contributed by atoms with Gasteiger partial charge in [0.05, 0.1) is 17.8 Å². The minimum atomic E-state index is -2.75. The van der Waals surface area contributed by atoms with Crippen LogP contribution < -0.4 is 11.1 Å². The largest absolute Gasteiger partial charge is 0.480 e. The monoisotopic (exact) mass is 763 g/mol. The lowest BCUT2D eigenvalue weighted by molar-refractivity contribution is -0.147. The van der Waals surface area contributed by atoms with Crippen LogP contribution in [-0.4, -0.2) is 137 Å². The lowest BCUT2D eigenvalue weighted by Gasteiger charge is -2.43. The summed E-state index contributed by atoms with van der Waals surface area (Å²) >= 11 is 6.00. The highest BCUT2D eigenvalue weighted by molar-refractivity contribution is 6.33. The maximum absolute atomic E-state index is 16.5. The van der Waals surface area contributed by atoms with E-state index in [4.69, 9.17) is 27.2 Å². The number of fused-ring (bicyclic) bond motifs is 1. The number of nitrogen functional groups attached to an aromatic ring is 1. The Balaban J connectivity index is 1.13. The highest BCUT2D eigenvalue weighted by atomic mass is 35.5. The second-order valence-electron chi connectivity index (χ2n) is 14.1. The number of piperazine rings is 1. The molecule has 2 aromatic rings. The number of urea groups is 1. The van der Waals surface area contributed by atoms with E-state index in [9.17, 15) is 19.2 Å². The van der Waals surface area contributed by atoms with Crippen molar-refractivity contribution in [3.05, 3.63) is 57.6 Å². The molecule has 2 atom stereocenters. The van der Waals surface area contributed by atoms with Crippen LogP contribution in [0.2, 0.25) is 5.02 Å². The van der Waals surface area contributed by atoms with Gasteiger partial charge in [0.2, 0.25) is 6.10 Å². The number of carboxylic acid groups (broad SMARTS) is 1. The van der Waals surface area contributed by atoms with Crippen LogP contribution in [0.15, 0.2) is 24.3 Å². The number of rotatable bonds is 8. The van der Waals surface area contributed by atoms with Gasteiger partial charge in [0.25, 0.3) is 5.91 Å². The number of nitrogens with one attached hydrogen (secondary N) is 1. The molecule has 4 N–H and O–H groups in total. The molecule has 2 unspecified atom stereocenters. The first kappa shape index (κ1) is 38.4. The van der Waals surface area contributed by atoms with E-state index in [1.165, 1.54) is 16.7 Å². The summed E-state index contributed by atoms with van der Waals surface area (Å²) in [4.78, 5) is 60.2. The first-order chi connectivity index (χ1) is 25.3. The number of nitrogens with two attached hydrogens (primary N) is 1. The molecule has 2 aromatic carbocycles. The van der Waals surface area contributed by atoms with Crippen LogP contribution in [-0.2, 0) is 20.7 Å². The van der Waals surface area contributed by atoms with E-state index in [0.29, 0.717) is 52.0 Å². The Labute approximate surface area is 310 Å². The molecule has 13 nitrogen and oxygen atoms in total. The van der Waals surface area contributed by atoms with Crippen molar-refractivity contribution in [1.29, 1.82) is 0 Å². The number of carboxylic acids is 1. The number of likely N-dealkylation sites (tertiary alicyclic amines) is 2. The van der Waals surface area contributed by atoms with Gasteiger partial charge >= 0.3 is 18.1 Å².